The lowest BCUT2D eigenvalue weighted by molar-refractivity contribution is -0.130. The molecule has 1 saturated heterocycles. The number of nitrogens with zero attached hydrogens (tertiary/aromatic N) is 3. The summed E-state index contributed by atoms with van der Waals surface area (Å²) in [4.78, 5) is 27.3. The summed E-state index contributed by atoms with van der Waals surface area (Å²) in [6, 6.07) is 19.1. The zero-order chi connectivity index (χ0) is 34.4. The summed E-state index contributed by atoms with van der Waals surface area (Å²) in [6.45, 7) is 3.94. The third-order valence-electron chi connectivity index (χ3n) is 9.53. The number of H-pyrrole nitrogens is 1. The standard InChI is InChI=1S/C35H43N9O4S.ClH/c1-22-18-30(49(47,48)42-29-16-17-37-21-29)14-15-31(22)25-6-2-23(3-7-25)19-32(39-34(45)27-8-4-24(20-36)5-9-27)35(46)38-28-12-10-26(11-13-28)33-40-43-44-41-33;/h2-3,6-7,10-15,18,24,27,29,32,37,42H,4-5,8-9,16-17,19-21,36H2,1H3,(H,38,46)(H,39,45)(H,40,41,43,44);1H/t24-,27-,29-,32+;/m1./s1. The molecule has 2 amide bonds. The van der Waals surface area contributed by atoms with Crippen LogP contribution in [-0.2, 0) is 26.0 Å². The molecule has 266 valence electrons. The maximum Gasteiger partial charge on any atom is 0.247 e. The van der Waals surface area contributed by atoms with Gasteiger partial charge in [-0.2, -0.15) is 5.21 Å². The van der Waals surface area contributed by atoms with E-state index in [0.29, 0.717) is 30.5 Å². The Balaban J connectivity index is 0.00000486. The molecule has 0 radical (unpaired) electrons. The fourth-order valence-corrected chi connectivity index (χ4v) is 7.96. The molecule has 2 aliphatic rings. The highest BCUT2D eigenvalue weighted by Crippen LogP contribution is 2.29. The van der Waals surface area contributed by atoms with Crippen LogP contribution in [0.4, 0.5) is 5.69 Å². The van der Waals surface area contributed by atoms with Crippen LogP contribution in [0.15, 0.2) is 71.6 Å². The molecule has 2 heterocycles. The molecule has 4 aromatic rings. The van der Waals surface area contributed by atoms with Gasteiger partial charge in [-0.15, -0.1) is 22.6 Å². The van der Waals surface area contributed by atoms with E-state index < -0.39 is 16.1 Å². The third kappa shape index (κ3) is 9.11. The number of amides is 2. The number of tetrazole rings is 1. The van der Waals surface area contributed by atoms with Crippen molar-refractivity contribution in [3.05, 3.63) is 77.9 Å². The van der Waals surface area contributed by atoms with Crippen molar-refractivity contribution in [2.75, 3.05) is 25.0 Å². The first-order chi connectivity index (χ1) is 23.7. The summed E-state index contributed by atoms with van der Waals surface area (Å²) in [7, 11) is -3.63. The van der Waals surface area contributed by atoms with Crippen molar-refractivity contribution in [3.63, 3.8) is 0 Å². The zero-order valence-electron chi connectivity index (χ0n) is 27.9. The van der Waals surface area contributed by atoms with Gasteiger partial charge in [0.25, 0.3) is 0 Å². The van der Waals surface area contributed by atoms with E-state index in [2.05, 4.69) is 41.3 Å². The summed E-state index contributed by atoms with van der Waals surface area (Å²) in [5.41, 5.74) is 10.7. The summed E-state index contributed by atoms with van der Waals surface area (Å²) in [5, 5.41) is 23.1. The molecule has 1 aliphatic heterocycles. The molecule has 1 aliphatic carbocycles. The van der Waals surface area contributed by atoms with Crippen LogP contribution in [0, 0.1) is 18.8 Å². The molecule has 13 nitrogen and oxygen atoms in total. The normalized spacial score (nSPS) is 19.7. The number of aromatic nitrogens is 4. The molecule has 6 rings (SSSR count). The molecule has 0 spiro atoms. The molecule has 7 N–H and O–H groups in total. The van der Waals surface area contributed by atoms with Gasteiger partial charge >= 0.3 is 0 Å². The molecular weight excluding hydrogens is 678 g/mol. The largest absolute Gasteiger partial charge is 0.344 e. The van der Waals surface area contributed by atoms with Gasteiger partial charge in [-0.25, -0.2) is 13.1 Å². The minimum Gasteiger partial charge on any atom is -0.344 e. The zero-order valence-corrected chi connectivity index (χ0v) is 29.5. The van der Waals surface area contributed by atoms with E-state index >= 15 is 0 Å². The number of carbonyl (C=O) groups is 2. The molecule has 3 aromatic carbocycles. The molecule has 2 fully saturated rings. The van der Waals surface area contributed by atoms with E-state index in [1.807, 2.05) is 37.3 Å². The predicted molar refractivity (Wildman–Crippen MR) is 194 cm³/mol. The highest BCUT2D eigenvalue weighted by Gasteiger charge is 2.30. The SMILES string of the molecule is Cc1cc(S(=O)(=O)N[C@@H]2CCNC2)ccc1-c1ccc(C[C@H](NC(=O)[C@H]2CC[C@H](CN)CC2)C(=O)Nc2ccc(-c3nn[nH]n3)cc2)cc1.Cl. The predicted octanol–water partition coefficient (Wildman–Crippen LogP) is 3.34. The highest BCUT2D eigenvalue weighted by atomic mass is 35.5. The lowest BCUT2D eigenvalue weighted by atomic mass is 9.81. The fraction of sp³-hybridized carbons (Fsp3) is 0.400. The Morgan fingerprint density at radius 2 is 1.68 bits per heavy atom. The van der Waals surface area contributed by atoms with Gasteiger partial charge in [-0.1, -0.05) is 30.3 Å². The lowest BCUT2D eigenvalue weighted by Gasteiger charge is -2.28. The number of hydrogen-bond donors (Lipinski definition) is 6. The van der Waals surface area contributed by atoms with E-state index in [1.54, 1.807) is 36.4 Å². The van der Waals surface area contributed by atoms with E-state index in [9.17, 15) is 18.0 Å². The quantitative estimate of drug-likeness (QED) is 0.127. The van der Waals surface area contributed by atoms with Crippen LogP contribution in [0.2, 0.25) is 0 Å². The number of carbonyl (C=O) groups excluding carboxylic acids is 2. The van der Waals surface area contributed by atoms with Crippen molar-refractivity contribution in [3.8, 4) is 22.5 Å². The summed E-state index contributed by atoms with van der Waals surface area (Å²) in [6.07, 6.45) is 4.36. The number of aromatic amines is 1. The van der Waals surface area contributed by atoms with Crippen molar-refractivity contribution in [2.45, 2.75) is 62.4 Å². The smallest absolute Gasteiger partial charge is 0.247 e. The molecule has 50 heavy (non-hydrogen) atoms. The van der Waals surface area contributed by atoms with E-state index in [4.69, 9.17) is 5.73 Å². The van der Waals surface area contributed by atoms with Crippen LogP contribution in [0.3, 0.4) is 0 Å². The van der Waals surface area contributed by atoms with Crippen LogP contribution in [0.25, 0.3) is 22.5 Å². The minimum absolute atomic E-state index is 0. The molecule has 0 bridgehead atoms. The number of sulfonamides is 1. The van der Waals surface area contributed by atoms with E-state index in [0.717, 1.165) is 66.5 Å². The second-order valence-electron chi connectivity index (χ2n) is 13.0. The molecule has 2 atom stereocenters. The van der Waals surface area contributed by atoms with Crippen LogP contribution in [0.5, 0.6) is 0 Å². The van der Waals surface area contributed by atoms with Crippen LogP contribution < -0.4 is 26.4 Å². The molecule has 1 aromatic heterocycles. The van der Waals surface area contributed by atoms with Gasteiger partial charge in [-0.05, 0) is 122 Å². The van der Waals surface area contributed by atoms with Gasteiger partial charge in [-0.3, -0.25) is 9.59 Å². The summed E-state index contributed by atoms with van der Waals surface area (Å²) in [5.74, 6) is 0.280. The first-order valence-corrected chi connectivity index (χ1v) is 18.2. The Labute approximate surface area is 298 Å². The van der Waals surface area contributed by atoms with Gasteiger partial charge in [0.05, 0.1) is 4.90 Å². The van der Waals surface area contributed by atoms with Gasteiger partial charge in [0.2, 0.25) is 27.7 Å². The van der Waals surface area contributed by atoms with Crippen LogP contribution in [0.1, 0.15) is 43.2 Å². The Bertz CT molecular complexity index is 1840. The highest BCUT2D eigenvalue weighted by molar-refractivity contribution is 7.89. The topological polar surface area (TPSA) is 197 Å². The maximum atomic E-state index is 13.7. The first kappa shape index (κ1) is 37.1. The molecule has 0 unspecified atom stereocenters. The number of hydrogen-bond acceptors (Lipinski definition) is 9. The first-order valence-electron chi connectivity index (χ1n) is 16.8. The van der Waals surface area contributed by atoms with Crippen molar-refractivity contribution < 1.29 is 18.0 Å². The van der Waals surface area contributed by atoms with Gasteiger partial charge in [0, 0.05) is 36.2 Å². The van der Waals surface area contributed by atoms with Crippen molar-refractivity contribution in [2.24, 2.45) is 17.6 Å². The molecule has 15 heteroatoms. The van der Waals surface area contributed by atoms with Crippen LogP contribution >= 0.6 is 12.4 Å². The van der Waals surface area contributed by atoms with Gasteiger partial charge in [0.15, 0.2) is 0 Å². The fourth-order valence-electron chi connectivity index (χ4n) is 6.60. The number of rotatable bonds is 12. The number of halogens is 1. The summed E-state index contributed by atoms with van der Waals surface area (Å²) >= 11 is 0. The maximum absolute atomic E-state index is 13.7. The number of aryl methyl sites for hydroxylation is 1. The van der Waals surface area contributed by atoms with E-state index in [1.165, 1.54) is 0 Å². The Morgan fingerprint density at radius 3 is 2.30 bits per heavy atom. The van der Waals surface area contributed by atoms with Gasteiger partial charge in [0.1, 0.15) is 6.04 Å². The van der Waals surface area contributed by atoms with Gasteiger partial charge < -0.3 is 21.7 Å². The Morgan fingerprint density at radius 1 is 0.960 bits per heavy atom. The Hall–Kier alpha value is -4.21. The van der Waals surface area contributed by atoms with Crippen LogP contribution in [-0.4, -0.2) is 72.6 Å². The summed E-state index contributed by atoms with van der Waals surface area (Å²) < 4.78 is 28.7. The number of nitrogens with two attached hydrogens (primary N) is 1. The Kier molecular flexibility index (Phi) is 12.4. The monoisotopic (exact) mass is 721 g/mol. The average Bonchev–Trinajstić information content (AvgIpc) is 3.84. The number of nitrogens with one attached hydrogen (secondary N) is 5. The number of benzene rings is 3. The van der Waals surface area contributed by atoms with Crippen molar-refractivity contribution in [1.82, 2.24) is 36.0 Å². The second-order valence-corrected chi connectivity index (χ2v) is 14.7. The van der Waals surface area contributed by atoms with E-state index in [-0.39, 0.29) is 47.5 Å². The molecular formula is C35H44ClN9O4S. The molecule has 1 saturated carbocycles. The number of anilines is 1. The third-order valence-corrected chi connectivity index (χ3v) is 11.1. The second kappa shape index (κ2) is 16.7. The lowest BCUT2D eigenvalue weighted by Crippen LogP contribution is -2.48. The van der Waals surface area contributed by atoms with Crippen molar-refractivity contribution >= 4 is 39.9 Å². The minimum atomic E-state index is -3.63. The average molecular weight is 722 g/mol. The van der Waals surface area contributed by atoms with Crippen molar-refractivity contribution in [1.29, 1.82) is 0 Å².